The van der Waals surface area contributed by atoms with E-state index in [1.807, 2.05) is 27.7 Å². The van der Waals surface area contributed by atoms with Crippen LogP contribution in [0.3, 0.4) is 0 Å². The molecule has 2 rings (SSSR count). The van der Waals surface area contributed by atoms with E-state index in [4.69, 9.17) is 4.74 Å². The lowest BCUT2D eigenvalue weighted by Crippen LogP contribution is -2.62. The summed E-state index contributed by atoms with van der Waals surface area (Å²) in [6.45, 7) is 8.76. The first kappa shape index (κ1) is 14.6. The van der Waals surface area contributed by atoms with Gasteiger partial charge in [-0.25, -0.2) is 9.59 Å². The number of hydrogen-bond acceptors (Lipinski definition) is 4. The second-order valence-corrected chi connectivity index (χ2v) is 6.79. The summed E-state index contributed by atoms with van der Waals surface area (Å²) in [5.74, 6) is -0.216. The number of hydrogen-bond donors (Lipinski definition) is 1. The Morgan fingerprint density at radius 2 is 1.95 bits per heavy atom. The maximum atomic E-state index is 11.8. The van der Waals surface area contributed by atoms with Crippen LogP contribution >= 0.6 is 0 Å². The van der Waals surface area contributed by atoms with E-state index in [9.17, 15) is 14.4 Å². The maximum Gasteiger partial charge on any atom is 0.410 e. The van der Waals surface area contributed by atoms with Crippen molar-refractivity contribution in [1.29, 1.82) is 0 Å². The van der Waals surface area contributed by atoms with Crippen LogP contribution in [0.5, 0.6) is 0 Å². The molecule has 0 atom stereocenters. The largest absolute Gasteiger partial charge is 0.444 e. The first-order chi connectivity index (χ1) is 9.10. The highest BCUT2D eigenvalue weighted by Gasteiger charge is 2.46. The molecule has 0 aromatic rings. The van der Waals surface area contributed by atoms with E-state index in [-0.39, 0.29) is 30.0 Å². The van der Waals surface area contributed by atoms with E-state index in [2.05, 4.69) is 5.32 Å². The zero-order valence-electron chi connectivity index (χ0n) is 12.4. The number of amides is 4. The minimum absolute atomic E-state index is 0.0602. The number of urea groups is 1. The molecule has 2 aliphatic rings. The van der Waals surface area contributed by atoms with Crippen LogP contribution in [0.25, 0.3) is 0 Å². The lowest BCUT2D eigenvalue weighted by Gasteiger charge is -2.48. The summed E-state index contributed by atoms with van der Waals surface area (Å²) in [6, 6.07) is -0.355. The van der Waals surface area contributed by atoms with Gasteiger partial charge in [-0.05, 0) is 20.8 Å². The highest BCUT2D eigenvalue weighted by molar-refractivity contribution is 6.02. The van der Waals surface area contributed by atoms with Crippen LogP contribution in [-0.4, -0.2) is 59.6 Å². The predicted molar refractivity (Wildman–Crippen MR) is 71.0 cm³/mol. The van der Waals surface area contributed by atoms with Crippen LogP contribution in [0.2, 0.25) is 0 Å². The van der Waals surface area contributed by atoms with Gasteiger partial charge in [0.1, 0.15) is 5.60 Å². The molecule has 2 aliphatic heterocycles. The molecule has 20 heavy (non-hydrogen) atoms. The molecular formula is C13H21N3O4. The van der Waals surface area contributed by atoms with Crippen molar-refractivity contribution in [2.24, 2.45) is 5.41 Å². The summed E-state index contributed by atoms with van der Waals surface area (Å²) in [5, 5.41) is 2.49. The van der Waals surface area contributed by atoms with Gasteiger partial charge in [-0.1, -0.05) is 6.92 Å². The topological polar surface area (TPSA) is 79.0 Å². The summed E-state index contributed by atoms with van der Waals surface area (Å²) < 4.78 is 5.27. The van der Waals surface area contributed by atoms with Crippen LogP contribution in [-0.2, 0) is 9.53 Å². The Kier molecular flexibility index (Phi) is 3.39. The normalized spacial score (nSPS) is 21.6. The molecule has 0 unspecified atom stereocenters. The lowest BCUT2D eigenvalue weighted by atomic mass is 9.81. The highest BCUT2D eigenvalue weighted by Crippen LogP contribution is 2.32. The van der Waals surface area contributed by atoms with E-state index in [0.29, 0.717) is 19.6 Å². The van der Waals surface area contributed by atoms with Gasteiger partial charge >= 0.3 is 12.1 Å². The fraction of sp³-hybridized carbons (Fsp3) is 0.769. The van der Waals surface area contributed by atoms with Crippen LogP contribution in [0.1, 0.15) is 27.7 Å². The highest BCUT2D eigenvalue weighted by atomic mass is 16.6. The third-order valence-corrected chi connectivity index (χ3v) is 3.27. The van der Waals surface area contributed by atoms with Crippen molar-refractivity contribution in [1.82, 2.24) is 15.1 Å². The van der Waals surface area contributed by atoms with Crippen LogP contribution in [0.4, 0.5) is 9.59 Å². The van der Waals surface area contributed by atoms with Crippen molar-refractivity contribution in [2.75, 3.05) is 26.2 Å². The van der Waals surface area contributed by atoms with Crippen LogP contribution < -0.4 is 5.32 Å². The van der Waals surface area contributed by atoms with Crippen LogP contribution in [0, 0.1) is 5.41 Å². The van der Waals surface area contributed by atoms with Crippen LogP contribution in [0.15, 0.2) is 0 Å². The summed E-state index contributed by atoms with van der Waals surface area (Å²) in [7, 11) is 0. The van der Waals surface area contributed by atoms with Gasteiger partial charge in [0.15, 0.2) is 0 Å². The molecule has 0 aromatic carbocycles. The quantitative estimate of drug-likeness (QED) is 0.760. The molecule has 0 spiro atoms. The summed E-state index contributed by atoms with van der Waals surface area (Å²) >= 11 is 0. The number of imide groups is 1. The van der Waals surface area contributed by atoms with Gasteiger partial charge in [0.2, 0.25) is 5.91 Å². The molecule has 2 heterocycles. The third kappa shape index (κ3) is 3.02. The van der Waals surface area contributed by atoms with Crippen molar-refractivity contribution in [3.05, 3.63) is 0 Å². The molecular weight excluding hydrogens is 262 g/mol. The Hall–Kier alpha value is -1.79. The number of rotatable bonds is 2. The second kappa shape index (κ2) is 4.64. The Bertz CT molecular complexity index is 433. The van der Waals surface area contributed by atoms with E-state index >= 15 is 0 Å². The average Bonchev–Trinajstić information content (AvgIpc) is 2.54. The number of nitrogens with zero attached hydrogens (tertiary/aromatic N) is 2. The zero-order valence-corrected chi connectivity index (χ0v) is 12.4. The molecule has 7 heteroatoms. The van der Waals surface area contributed by atoms with Crippen molar-refractivity contribution < 1.29 is 19.1 Å². The Balaban J connectivity index is 1.86. The molecule has 112 valence electrons. The van der Waals surface area contributed by atoms with E-state index in [1.54, 1.807) is 4.90 Å². The molecule has 2 saturated heterocycles. The monoisotopic (exact) mass is 283 g/mol. The summed E-state index contributed by atoms with van der Waals surface area (Å²) in [5.41, 5.74) is -0.776. The molecule has 2 fully saturated rings. The number of ether oxygens (including phenoxy) is 1. The van der Waals surface area contributed by atoms with Gasteiger partial charge in [-0.3, -0.25) is 9.69 Å². The van der Waals surface area contributed by atoms with Gasteiger partial charge in [0, 0.05) is 25.0 Å². The summed E-state index contributed by atoms with van der Waals surface area (Å²) in [4.78, 5) is 37.7. The minimum Gasteiger partial charge on any atom is -0.444 e. The standard InChI is InChI=1S/C13H21N3O4/c1-12(2,3)20-11(19)15-6-13(4,7-15)8-16-9(17)5-14-10(16)18/h5-8H2,1-4H3,(H,14,18). The Labute approximate surface area is 118 Å². The van der Waals surface area contributed by atoms with Crippen molar-refractivity contribution in [3.8, 4) is 0 Å². The SMILES string of the molecule is CC1(CN2C(=O)CNC2=O)CN(C(=O)OC(C)(C)C)C1. The minimum atomic E-state index is -0.520. The first-order valence-corrected chi connectivity index (χ1v) is 6.66. The molecule has 7 nitrogen and oxygen atoms in total. The number of likely N-dealkylation sites (tertiary alicyclic amines) is 1. The van der Waals surface area contributed by atoms with Gasteiger partial charge in [-0.2, -0.15) is 0 Å². The fourth-order valence-electron chi connectivity index (χ4n) is 2.43. The second-order valence-electron chi connectivity index (χ2n) is 6.79. The molecule has 0 aliphatic carbocycles. The van der Waals surface area contributed by atoms with Crippen molar-refractivity contribution >= 4 is 18.0 Å². The summed E-state index contributed by atoms with van der Waals surface area (Å²) in [6.07, 6.45) is -0.354. The van der Waals surface area contributed by atoms with Gasteiger partial charge in [0.25, 0.3) is 0 Å². The molecule has 1 N–H and O–H groups in total. The molecule has 0 aromatic heterocycles. The average molecular weight is 283 g/mol. The number of carbonyl (C=O) groups excluding carboxylic acids is 3. The zero-order chi connectivity index (χ0) is 15.1. The molecule has 0 saturated carbocycles. The Morgan fingerprint density at radius 3 is 2.40 bits per heavy atom. The molecule has 0 bridgehead atoms. The van der Waals surface area contributed by atoms with E-state index in [1.165, 1.54) is 4.90 Å². The molecule has 4 amide bonds. The smallest absolute Gasteiger partial charge is 0.410 e. The number of carbonyl (C=O) groups is 3. The van der Waals surface area contributed by atoms with Gasteiger partial charge in [-0.15, -0.1) is 0 Å². The first-order valence-electron chi connectivity index (χ1n) is 6.66. The van der Waals surface area contributed by atoms with Crippen molar-refractivity contribution in [2.45, 2.75) is 33.3 Å². The lowest BCUT2D eigenvalue weighted by molar-refractivity contribution is -0.127. The van der Waals surface area contributed by atoms with E-state index < -0.39 is 5.60 Å². The number of nitrogens with one attached hydrogen (secondary N) is 1. The fourth-order valence-corrected chi connectivity index (χ4v) is 2.43. The maximum absolute atomic E-state index is 11.8. The van der Waals surface area contributed by atoms with Gasteiger partial charge in [0.05, 0.1) is 6.54 Å². The van der Waals surface area contributed by atoms with Gasteiger partial charge < -0.3 is 15.0 Å². The van der Waals surface area contributed by atoms with E-state index in [0.717, 1.165) is 0 Å². The Morgan fingerprint density at radius 1 is 1.35 bits per heavy atom. The predicted octanol–water partition coefficient (Wildman–Crippen LogP) is 0.795. The molecule has 0 radical (unpaired) electrons. The van der Waals surface area contributed by atoms with Crippen molar-refractivity contribution in [3.63, 3.8) is 0 Å². The third-order valence-electron chi connectivity index (χ3n) is 3.27.